The molecule has 1 aliphatic heterocycles. The van der Waals surface area contributed by atoms with Gasteiger partial charge in [-0.25, -0.2) is 8.42 Å². The summed E-state index contributed by atoms with van der Waals surface area (Å²) in [4.78, 5) is 0. The smallest absolute Gasteiger partial charge is 0.207 e. The van der Waals surface area contributed by atoms with Gasteiger partial charge >= 0.3 is 0 Å². The van der Waals surface area contributed by atoms with E-state index in [4.69, 9.17) is 0 Å². The minimum absolute atomic E-state index is 0.125. The Morgan fingerprint density at radius 3 is 2.50 bits per heavy atom. The fourth-order valence-corrected chi connectivity index (χ4v) is 6.05. The first-order valence-corrected chi connectivity index (χ1v) is 9.45. The van der Waals surface area contributed by atoms with Crippen LogP contribution in [0.2, 0.25) is 0 Å². The van der Waals surface area contributed by atoms with E-state index in [2.05, 4.69) is 20.8 Å². The van der Waals surface area contributed by atoms with Crippen molar-refractivity contribution in [2.45, 2.75) is 46.1 Å². The highest BCUT2D eigenvalue weighted by Crippen LogP contribution is 2.53. The van der Waals surface area contributed by atoms with Crippen molar-refractivity contribution in [3.63, 3.8) is 0 Å². The van der Waals surface area contributed by atoms with E-state index in [1.165, 1.54) is 5.41 Å². The molecule has 1 aromatic rings. The van der Waals surface area contributed by atoms with Crippen molar-refractivity contribution in [1.82, 2.24) is 4.31 Å². The monoisotopic (exact) mass is 319 g/mol. The van der Waals surface area contributed by atoms with Crippen molar-refractivity contribution < 1.29 is 8.42 Å². The fraction of sp³-hybridized carbons (Fsp3) is 0.556. The molecule has 0 radical (unpaired) electrons. The van der Waals surface area contributed by atoms with Gasteiger partial charge < -0.3 is 0 Å². The molecule has 2 aliphatic rings. The molecule has 1 heterocycles. The maximum atomic E-state index is 12.7. The van der Waals surface area contributed by atoms with Gasteiger partial charge in [0, 0.05) is 18.0 Å². The highest BCUT2D eigenvalue weighted by molar-refractivity contribution is 7.92. The van der Waals surface area contributed by atoms with Gasteiger partial charge in [-0.05, 0) is 41.7 Å². The number of hydrogen-bond donors (Lipinski definition) is 0. The summed E-state index contributed by atoms with van der Waals surface area (Å²) in [6.07, 6.45) is 4.76. The number of benzene rings is 1. The average Bonchev–Trinajstić information content (AvgIpc) is 2.68. The van der Waals surface area contributed by atoms with Crippen LogP contribution in [-0.2, 0) is 10.0 Å². The van der Waals surface area contributed by atoms with Gasteiger partial charge in [-0.3, -0.25) is 0 Å². The molecule has 2 atom stereocenters. The molecule has 0 N–H and O–H groups in total. The second kappa shape index (κ2) is 5.20. The van der Waals surface area contributed by atoms with Gasteiger partial charge in [0.15, 0.2) is 0 Å². The highest BCUT2D eigenvalue weighted by Gasteiger charge is 2.52. The first-order chi connectivity index (χ1) is 10.2. The molecule has 4 heteroatoms. The maximum Gasteiger partial charge on any atom is 0.236 e. The normalized spacial score (nSPS) is 31.7. The third kappa shape index (κ3) is 3.13. The standard InChI is InChI=1S/C18H25NO2S/c1-17(2)11-16-12-18(3,13-17)14-19(16)22(20,21)10-9-15-7-5-4-6-8-15/h4-10,16H,11-14H2,1-3H3. The number of rotatable bonds is 3. The Morgan fingerprint density at radius 2 is 1.82 bits per heavy atom. The van der Waals surface area contributed by atoms with Gasteiger partial charge in [0.25, 0.3) is 0 Å². The molecule has 1 aromatic carbocycles. The Labute approximate surface area is 134 Å². The lowest BCUT2D eigenvalue weighted by atomic mass is 9.65. The van der Waals surface area contributed by atoms with E-state index in [1.807, 2.05) is 30.3 Å². The van der Waals surface area contributed by atoms with Crippen LogP contribution in [0.25, 0.3) is 6.08 Å². The molecule has 3 rings (SSSR count). The van der Waals surface area contributed by atoms with Crippen LogP contribution in [0.4, 0.5) is 0 Å². The summed E-state index contributed by atoms with van der Waals surface area (Å²) in [7, 11) is -3.35. The van der Waals surface area contributed by atoms with E-state index in [9.17, 15) is 8.42 Å². The van der Waals surface area contributed by atoms with Crippen molar-refractivity contribution in [2.75, 3.05) is 6.54 Å². The van der Waals surface area contributed by atoms with Gasteiger partial charge in [0.1, 0.15) is 0 Å². The molecule has 1 saturated heterocycles. The van der Waals surface area contributed by atoms with Gasteiger partial charge in [-0.2, -0.15) is 4.31 Å². The topological polar surface area (TPSA) is 37.4 Å². The Hall–Kier alpha value is -1.13. The Balaban J connectivity index is 1.83. The third-order valence-corrected chi connectivity index (χ3v) is 6.49. The van der Waals surface area contributed by atoms with Crippen molar-refractivity contribution in [3.05, 3.63) is 41.3 Å². The molecule has 1 saturated carbocycles. The van der Waals surface area contributed by atoms with Crippen LogP contribution in [-0.4, -0.2) is 25.3 Å². The summed E-state index contributed by atoms with van der Waals surface area (Å²) in [5.41, 5.74) is 1.27. The lowest BCUT2D eigenvalue weighted by molar-refractivity contribution is 0.133. The summed E-state index contributed by atoms with van der Waals surface area (Å²) in [5.74, 6) is 0. The molecule has 120 valence electrons. The fourth-order valence-electron chi connectivity index (χ4n) is 4.51. The SMILES string of the molecule is CC1(C)CC2CC(C)(CN2S(=O)(=O)C=Cc2ccccc2)C1. The van der Waals surface area contributed by atoms with Crippen LogP contribution >= 0.6 is 0 Å². The van der Waals surface area contributed by atoms with Crippen LogP contribution in [0.5, 0.6) is 0 Å². The van der Waals surface area contributed by atoms with Crippen LogP contribution in [0.3, 0.4) is 0 Å². The maximum absolute atomic E-state index is 12.7. The minimum Gasteiger partial charge on any atom is -0.207 e. The van der Waals surface area contributed by atoms with Crippen molar-refractivity contribution in [3.8, 4) is 0 Å². The number of hydrogen-bond acceptors (Lipinski definition) is 2. The summed E-state index contributed by atoms with van der Waals surface area (Å²) in [5, 5.41) is 1.37. The summed E-state index contributed by atoms with van der Waals surface area (Å²) < 4.78 is 27.2. The van der Waals surface area contributed by atoms with Crippen molar-refractivity contribution in [1.29, 1.82) is 0 Å². The van der Waals surface area contributed by atoms with Crippen LogP contribution in [0.15, 0.2) is 35.7 Å². The van der Waals surface area contributed by atoms with Gasteiger partial charge in [0.2, 0.25) is 10.0 Å². The summed E-state index contributed by atoms with van der Waals surface area (Å²) in [6, 6.07) is 9.74. The first kappa shape index (κ1) is 15.8. The largest absolute Gasteiger partial charge is 0.236 e. The van der Waals surface area contributed by atoms with Gasteiger partial charge in [-0.1, -0.05) is 51.1 Å². The zero-order chi connectivity index (χ0) is 16.0. The quantitative estimate of drug-likeness (QED) is 0.847. The molecule has 0 amide bonds. The van der Waals surface area contributed by atoms with E-state index < -0.39 is 10.0 Å². The van der Waals surface area contributed by atoms with E-state index >= 15 is 0 Å². The molecule has 1 aliphatic carbocycles. The lowest BCUT2D eigenvalue weighted by Crippen LogP contribution is -2.36. The average molecular weight is 319 g/mol. The molecule has 0 aromatic heterocycles. The van der Waals surface area contributed by atoms with Gasteiger partial charge in [-0.15, -0.1) is 0 Å². The molecule has 2 bridgehead atoms. The Morgan fingerprint density at radius 1 is 1.14 bits per heavy atom. The first-order valence-electron chi connectivity index (χ1n) is 7.94. The second-order valence-corrected chi connectivity index (χ2v) is 9.79. The van der Waals surface area contributed by atoms with Crippen molar-refractivity contribution >= 4 is 16.1 Å². The van der Waals surface area contributed by atoms with Gasteiger partial charge in [0.05, 0.1) is 0 Å². The predicted molar refractivity (Wildman–Crippen MR) is 90.6 cm³/mol. The zero-order valence-corrected chi connectivity index (χ0v) is 14.4. The molecular formula is C18H25NO2S. The van der Waals surface area contributed by atoms with Crippen LogP contribution in [0, 0.1) is 10.8 Å². The third-order valence-electron chi connectivity index (χ3n) is 4.93. The summed E-state index contributed by atoms with van der Waals surface area (Å²) >= 11 is 0. The van der Waals surface area contributed by atoms with Crippen LogP contribution in [0.1, 0.15) is 45.6 Å². The van der Waals surface area contributed by atoms with E-state index in [0.29, 0.717) is 6.54 Å². The number of fused-ring (bicyclic) bond motifs is 2. The lowest BCUT2D eigenvalue weighted by Gasteiger charge is -2.39. The van der Waals surface area contributed by atoms with E-state index in [-0.39, 0.29) is 16.9 Å². The number of nitrogens with zero attached hydrogens (tertiary/aromatic N) is 1. The second-order valence-electron chi connectivity index (χ2n) is 8.02. The molecule has 2 unspecified atom stereocenters. The highest BCUT2D eigenvalue weighted by atomic mass is 32.2. The molecule has 3 nitrogen and oxygen atoms in total. The zero-order valence-electron chi connectivity index (χ0n) is 13.6. The molecule has 0 spiro atoms. The Bertz CT molecular complexity index is 678. The minimum atomic E-state index is -3.35. The predicted octanol–water partition coefficient (Wildman–Crippen LogP) is 3.89. The molecule has 2 fully saturated rings. The summed E-state index contributed by atoms with van der Waals surface area (Å²) in [6.45, 7) is 7.40. The molecule has 22 heavy (non-hydrogen) atoms. The van der Waals surface area contributed by atoms with E-state index in [0.717, 1.165) is 24.8 Å². The Kier molecular flexibility index (Phi) is 3.73. The van der Waals surface area contributed by atoms with Crippen molar-refractivity contribution in [2.24, 2.45) is 10.8 Å². The number of sulfonamides is 1. The van der Waals surface area contributed by atoms with Crippen LogP contribution < -0.4 is 0 Å². The molecular weight excluding hydrogens is 294 g/mol. The van der Waals surface area contributed by atoms with E-state index in [1.54, 1.807) is 10.4 Å².